The van der Waals surface area contributed by atoms with Crippen LogP contribution in [0.15, 0.2) is 11.1 Å². The molecule has 0 atom stereocenters. The van der Waals surface area contributed by atoms with Crippen LogP contribution in [-0.2, 0) is 16.6 Å². The molecule has 1 heterocycles. The summed E-state index contributed by atoms with van der Waals surface area (Å²) in [7, 11) is -3.73. The Balaban J connectivity index is 3.27. The molecule has 0 saturated heterocycles. The van der Waals surface area contributed by atoms with Crippen LogP contribution >= 0.6 is 0 Å². The van der Waals surface area contributed by atoms with Gasteiger partial charge in [0.25, 0.3) is 0 Å². The Kier molecular flexibility index (Phi) is 2.07. The summed E-state index contributed by atoms with van der Waals surface area (Å²) in [5, 5.41) is 8.60. The van der Waals surface area contributed by atoms with Crippen LogP contribution in [-0.4, -0.2) is 18.2 Å². The van der Waals surface area contributed by atoms with Gasteiger partial charge in [0.05, 0.1) is 0 Å². The fraction of sp³-hybridized carbons (Fsp3) is 0.400. The van der Waals surface area contributed by atoms with Gasteiger partial charge in [-0.15, -0.1) is 0 Å². The van der Waals surface area contributed by atoms with Gasteiger partial charge in [-0.05, 0) is 6.92 Å². The summed E-state index contributed by atoms with van der Waals surface area (Å²) in [6.07, 6.45) is 1.31. The molecule has 0 saturated carbocycles. The summed E-state index contributed by atoms with van der Waals surface area (Å²) < 4.78 is 23.1. The van der Waals surface area contributed by atoms with E-state index in [1.165, 1.54) is 10.9 Å². The summed E-state index contributed by atoms with van der Waals surface area (Å²) in [6, 6.07) is 0. The average Bonchev–Trinajstić information content (AvgIpc) is 2.29. The molecule has 6 nitrogen and oxygen atoms in total. The first kappa shape index (κ1) is 9.01. The van der Waals surface area contributed by atoms with E-state index >= 15 is 0 Å². The van der Waals surface area contributed by atoms with Crippen molar-refractivity contribution >= 4 is 15.8 Å². The first-order chi connectivity index (χ1) is 5.45. The van der Waals surface area contributed by atoms with Crippen LogP contribution in [0, 0.1) is 0 Å². The molecule has 0 aromatic carbocycles. The number of primary sulfonamides is 1. The maximum absolute atomic E-state index is 10.8. The predicted octanol–water partition coefficient (Wildman–Crippen LogP) is -0.867. The van der Waals surface area contributed by atoms with Crippen molar-refractivity contribution in [2.75, 3.05) is 5.73 Å². The molecule has 0 aliphatic carbocycles. The van der Waals surface area contributed by atoms with Crippen LogP contribution in [0.3, 0.4) is 0 Å². The van der Waals surface area contributed by atoms with E-state index in [0.29, 0.717) is 6.54 Å². The molecule has 1 aromatic rings. The molecule has 1 aromatic heterocycles. The second-order valence-corrected chi connectivity index (χ2v) is 3.81. The molecule has 0 fully saturated rings. The van der Waals surface area contributed by atoms with Gasteiger partial charge in [-0.3, -0.25) is 4.68 Å². The molecule has 1 rings (SSSR count). The third kappa shape index (κ3) is 1.56. The number of nitrogen functional groups attached to an aromatic ring is 1. The van der Waals surface area contributed by atoms with Crippen LogP contribution in [0.4, 0.5) is 5.82 Å². The van der Waals surface area contributed by atoms with Crippen molar-refractivity contribution in [2.45, 2.75) is 18.4 Å². The van der Waals surface area contributed by atoms with Crippen molar-refractivity contribution in [3.63, 3.8) is 0 Å². The van der Waals surface area contributed by atoms with Gasteiger partial charge in [0.2, 0.25) is 10.0 Å². The second kappa shape index (κ2) is 2.76. The minimum absolute atomic E-state index is 0.0562. The zero-order valence-corrected chi connectivity index (χ0v) is 7.37. The number of nitrogens with zero attached hydrogens (tertiary/aromatic N) is 2. The van der Waals surface area contributed by atoms with E-state index in [2.05, 4.69) is 5.10 Å². The lowest BCUT2D eigenvalue weighted by Gasteiger charge is -1.90. The van der Waals surface area contributed by atoms with Crippen LogP contribution in [0.1, 0.15) is 6.92 Å². The van der Waals surface area contributed by atoms with Crippen molar-refractivity contribution in [2.24, 2.45) is 5.14 Å². The molecule has 0 unspecified atom stereocenters. The van der Waals surface area contributed by atoms with Gasteiger partial charge >= 0.3 is 0 Å². The van der Waals surface area contributed by atoms with E-state index in [-0.39, 0.29) is 10.7 Å². The molecule has 7 heteroatoms. The number of rotatable bonds is 2. The highest BCUT2D eigenvalue weighted by Crippen LogP contribution is 2.13. The van der Waals surface area contributed by atoms with Gasteiger partial charge in [-0.2, -0.15) is 5.10 Å². The lowest BCUT2D eigenvalue weighted by atomic mass is 10.6. The first-order valence-corrected chi connectivity index (χ1v) is 4.85. The Morgan fingerprint density at radius 1 is 1.67 bits per heavy atom. The molecule has 0 bridgehead atoms. The number of aryl methyl sites for hydroxylation is 1. The first-order valence-electron chi connectivity index (χ1n) is 3.31. The van der Waals surface area contributed by atoms with Crippen molar-refractivity contribution in [1.82, 2.24) is 9.78 Å². The van der Waals surface area contributed by atoms with E-state index in [0.717, 1.165) is 0 Å². The molecule has 0 radical (unpaired) electrons. The number of nitrogens with two attached hydrogens (primary N) is 2. The fourth-order valence-corrected chi connectivity index (χ4v) is 1.40. The number of sulfonamides is 1. The van der Waals surface area contributed by atoms with Gasteiger partial charge < -0.3 is 5.73 Å². The van der Waals surface area contributed by atoms with E-state index < -0.39 is 10.0 Å². The van der Waals surface area contributed by atoms with Gasteiger partial charge in [0.15, 0.2) is 5.82 Å². The molecular formula is C5H10N4O2S. The van der Waals surface area contributed by atoms with Crippen LogP contribution < -0.4 is 10.9 Å². The van der Waals surface area contributed by atoms with Crippen molar-refractivity contribution in [1.29, 1.82) is 0 Å². The van der Waals surface area contributed by atoms with Crippen LogP contribution in [0.25, 0.3) is 0 Å². The Bertz CT molecular complexity index is 380. The highest BCUT2D eigenvalue weighted by atomic mass is 32.2. The predicted molar refractivity (Wildman–Crippen MR) is 43.7 cm³/mol. The fourth-order valence-electron chi connectivity index (χ4n) is 0.799. The molecule has 0 spiro atoms. The monoisotopic (exact) mass is 190 g/mol. The smallest absolute Gasteiger partial charge is 0.243 e. The molecule has 4 N–H and O–H groups in total. The largest absolute Gasteiger partial charge is 0.381 e. The van der Waals surface area contributed by atoms with E-state index in [4.69, 9.17) is 10.9 Å². The maximum Gasteiger partial charge on any atom is 0.243 e. The summed E-state index contributed by atoms with van der Waals surface area (Å²) in [5.41, 5.74) is 5.31. The number of aromatic nitrogens is 2. The summed E-state index contributed by atoms with van der Waals surface area (Å²) in [5.74, 6) is -0.0562. The second-order valence-electron chi connectivity index (χ2n) is 2.28. The highest BCUT2D eigenvalue weighted by Gasteiger charge is 2.15. The van der Waals surface area contributed by atoms with Gasteiger partial charge in [-0.25, -0.2) is 13.6 Å². The highest BCUT2D eigenvalue weighted by molar-refractivity contribution is 7.89. The van der Waals surface area contributed by atoms with Crippen molar-refractivity contribution in [3.05, 3.63) is 6.20 Å². The molecule has 68 valence electrons. The third-order valence-electron chi connectivity index (χ3n) is 1.39. The quantitative estimate of drug-likeness (QED) is 0.632. The van der Waals surface area contributed by atoms with Crippen LogP contribution in [0.2, 0.25) is 0 Å². The maximum atomic E-state index is 10.8. The summed E-state index contributed by atoms with van der Waals surface area (Å²) >= 11 is 0. The Labute approximate surface area is 70.2 Å². The van der Waals surface area contributed by atoms with E-state index in [9.17, 15) is 8.42 Å². The normalized spacial score (nSPS) is 11.8. The lowest BCUT2D eigenvalue weighted by molar-refractivity contribution is 0.597. The zero-order chi connectivity index (χ0) is 9.35. The Morgan fingerprint density at radius 2 is 2.25 bits per heavy atom. The molecule has 0 aliphatic rings. The van der Waals surface area contributed by atoms with Crippen molar-refractivity contribution in [3.8, 4) is 0 Å². The zero-order valence-electron chi connectivity index (χ0n) is 6.56. The van der Waals surface area contributed by atoms with E-state index in [1.54, 1.807) is 0 Å². The van der Waals surface area contributed by atoms with Crippen LogP contribution in [0.5, 0.6) is 0 Å². The third-order valence-corrected chi connectivity index (χ3v) is 2.31. The van der Waals surface area contributed by atoms with Gasteiger partial charge in [-0.1, -0.05) is 0 Å². The molecular weight excluding hydrogens is 180 g/mol. The van der Waals surface area contributed by atoms with Crippen molar-refractivity contribution < 1.29 is 8.42 Å². The van der Waals surface area contributed by atoms with Gasteiger partial charge in [0.1, 0.15) is 4.90 Å². The summed E-state index contributed by atoms with van der Waals surface area (Å²) in [4.78, 5) is -0.121. The SMILES string of the molecule is CCn1cc(S(N)(=O)=O)c(N)n1. The van der Waals surface area contributed by atoms with Gasteiger partial charge in [0, 0.05) is 12.7 Å². The summed E-state index contributed by atoms with van der Waals surface area (Å²) in [6.45, 7) is 2.37. The Morgan fingerprint density at radius 3 is 2.50 bits per heavy atom. The lowest BCUT2D eigenvalue weighted by Crippen LogP contribution is -2.13. The Hall–Kier alpha value is -1.08. The average molecular weight is 190 g/mol. The standard InChI is InChI=1S/C5H10N4O2S/c1-2-9-3-4(5(6)8-9)12(7,10)11/h3H,2H2,1H3,(H2,6,8)(H2,7,10,11). The minimum Gasteiger partial charge on any atom is -0.381 e. The topological polar surface area (TPSA) is 104 Å². The van der Waals surface area contributed by atoms with E-state index in [1.807, 2.05) is 6.92 Å². The molecule has 0 aliphatic heterocycles. The number of hydrogen-bond acceptors (Lipinski definition) is 4. The minimum atomic E-state index is -3.73. The number of anilines is 1. The number of hydrogen-bond donors (Lipinski definition) is 2. The molecule has 12 heavy (non-hydrogen) atoms. The molecule has 0 amide bonds.